The van der Waals surface area contributed by atoms with Crippen LogP contribution in [0.5, 0.6) is 0 Å². The Morgan fingerprint density at radius 3 is 2.64 bits per heavy atom. The smallest absolute Gasteiger partial charge is 0.235 e. The maximum Gasteiger partial charge on any atom is 0.235 e. The maximum absolute atomic E-state index is 10.6. The second kappa shape index (κ2) is 5.21. The van der Waals surface area contributed by atoms with Gasteiger partial charge < -0.3 is 11.1 Å². The summed E-state index contributed by atoms with van der Waals surface area (Å²) in [6.45, 7) is 6.17. The van der Waals surface area contributed by atoms with E-state index >= 15 is 0 Å². The predicted octanol–water partition coefficient (Wildman–Crippen LogP) is -0.0642. The van der Waals surface area contributed by atoms with E-state index in [0.717, 1.165) is 5.57 Å². The topological polar surface area (TPSA) is 55.1 Å². The molecule has 0 aliphatic heterocycles. The van der Waals surface area contributed by atoms with Crippen LogP contribution in [-0.4, -0.2) is 24.2 Å². The number of primary amides is 1. The van der Waals surface area contributed by atoms with Gasteiger partial charge in [-0.25, -0.2) is 0 Å². The molecular weight excluding hydrogens is 160 g/mol. The average molecular weight is 174 g/mol. The van der Waals surface area contributed by atoms with E-state index in [1.807, 2.05) is 6.92 Å². The number of hydrogen-bond acceptors (Lipinski definition) is 3. The SMILES string of the molecule is C=C(C)CNC(CS)C(N)=O. The van der Waals surface area contributed by atoms with Crippen molar-refractivity contribution in [2.45, 2.75) is 13.0 Å². The van der Waals surface area contributed by atoms with Gasteiger partial charge in [-0.2, -0.15) is 12.6 Å². The van der Waals surface area contributed by atoms with Crippen molar-refractivity contribution in [3.05, 3.63) is 12.2 Å². The molecule has 0 bridgehead atoms. The van der Waals surface area contributed by atoms with E-state index in [1.54, 1.807) is 0 Å². The van der Waals surface area contributed by atoms with Crippen LogP contribution < -0.4 is 11.1 Å². The lowest BCUT2D eigenvalue weighted by Crippen LogP contribution is -2.43. The fraction of sp³-hybridized carbons (Fsp3) is 0.571. The van der Waals surface area contributed by atoms with E-state index < -0.39 is 0 Å². The molecule has 0 fully saturated rings. The van der Waals surface area contributed by atoms with Gasteiger partial charge in [-0.1, -0.05) is 12.2 Å². The van der Waals surface area contributed by atoms with Gasteiger partial charge in [-0.15, -0.1) is 0 Å². The van der Waals surface area contributed by atoms with E-state index in [0.29, 0.717) is 12.3 Å². The molecule has 0 heterocycles. The first-order valence-electron chi connectivity index (χ1n) is 3.36. The molecule has 1 atom stereocenters. The summed E-state index contributed by atoms with van der Waals surface area (Å²) in [6.07, 6.45) is 0. The fourth-order valence-corrected chi connectivity index (χ4v) is 0.862. The summed E-state index contributed by atoms with van der Waals surface area (Å²) in [6, 6.07) is -0.352. The molecule has 0 aromatic rings. The lowest BCUT2D eigenvalue weighted by Gasteiger charge is -2.11. The zero-order chi connectivity index (χ0) is 8.85. The quantitative estimate of drug-likeness (QED) is 0.404. The number of thiol groups is 1. The molecule has 11 heavy (non-hydrogen) atoms. The summed E-state index contributed by atoms with van der Waals surface area (Å²) < 4.78 is 0. The molecule has 3 nitrogen and oxygen atoms in total. The van der Waals surface area contributed by atoms with Gasteiger partial charge in [-0.3, -0.25) is 4.79 Å². The van der Waals surface area contributed by atoms with E-state index in [9.17, 15) is 4.79 Å². The highest BCUT2D eigenvalue weighted by atomic mass is 32.1. The summed E-state index contributed by atoms with van der Waals surface area (Å²) in [7, 11) is 0. The Hall–Kier alpha value is -0.480. The highest BCUT2D eigenvalue weighted by molar-refractivity contribution is 7.80. The van der Waals surface area contributed by atoms with Gasteiger partial charge in [0.15, 0.2) is 0 Å². The molecule has 0 spiro atoms. The molecule has 0 radical (unpaired) electrons. The third-order valence-corrected chi connectivity index (χ3v) is 1.54. The van der Waals surface area contributed by atoms with Crippen LogP contribution in [0.3, 0.4) is 0 Å². The third-order valence-electron chi connectivity index (χ3n) is 1.18. The monoisotopic (exact) mass is 174 g/mol. The second-order valence-electron chi connectivity index (χ2n) is 2.48. The van der Waals surface area contributed by atoms with E-state index in [-0.39, 0.29) is 11.9 Å². The summed E-state index contributed by atoms with van der Waals surface area (Å²) in [5, 5.41) is 2.92. The molecule has 0 aliphatic rings. The Morgan fingerprint density at radius 1 is 1.82 bits per heavy atom. The summed E-state index contributed by atoms with van der Waals surface area (Å²) in [4.78, 5) is 10.6. The van der Waals surface area contributed by atoms with Gasteiger partial charge in [0.05, 0.1) is 6.04 Å². The van der Waals surface area contributed by atoms with Gasteiger partial charge in [0, 0.05) is 12.3 Å². The Kier molecular flexibility index (Phi) is 4.98. The predicted molar refractivity (Wildman–Crippen MR) is 49.7 cm³/mol. The van der Waals surface area contributed by atoms with Gasteiger partial charge in [-0.05, 0) is 6.92 Å². The van der Waals surface area contributed by atoms with Crippen LogP contribution in [0.25, 0.3) is 0 Å². The Morgan fingerprint density at radius 2 is 2.36 bits per heavy atom. The molecule has 0 aliphatic carbocycles. The zero-order valence-corrected chi connectivity index (χ0v) is 7.53. The van der Waals surface area contributed by atoms with Crippen LogP contribution in [0.1, 0.15) is 6.92 Å². The third kappa shape index (κ3) is 4.86. The van der Waals surface area contributed by atoms with E-state index in [2.05, 4.69) is 24.5 Å². The van der Waals surface area contributed by atoms with Crippen molar-refractivity contribution in [1.29, 1.82) is 0 Å². The zero-order valence-electron chi connectivity index (χ0n) is 6.63. The fourth-order valence-electron chi connectivity index (χ4n) is 0.553. The number of amides is 1. The van der Waals surface area contributed by atoms with Gasteiger partial charge in [0.2, 0.25) is 5.91 Å². The molecule has 0 saturated heterocycles. The Labute approximate surface area is 72.4 Å². The molecule has 0 aromatic heterocycles. The molecular formula is C7H14N2OS. The number of nitrogens with two attached hydrogens (primary N) is 1. The second-order valence-corrected chi connectivity index (χ2v) is 2.84. The van der Waals surface area contributed by atoms with Crippen LogP contribution in [0.4, 0.5) is 0 Å². The van der Waals surface area contributed by atoms with Crippen molar-refractivity contribution in [1.82, 2.24) is 5.32 Å². The van der Waals surface area contributed by atoms with Crippen LogP contribution in [0, 0.1) is 0 Å². The average Bonchev–Trinajstić information content (AvgIpc) is 1.87. The molecule has 4 heteroatoms. The molecule has 1 amide bonds. The molecule has 64 valence electrons. The highest BCUT2D eigenvalue weighted by Crippen LogP contribution is 1.89. The van der Waals surface area contributed by atoms with Crippen LogP contribution in [0.2, 0.25) is 0 Å². The lowest BCUT2D eigenvalue weighted by molar-refractivity contribution is -0.119. The van der Waals surface area contributed by atoms with Gasteiger partial charge in [0.25, 0.3) is 0 Å². The minimum absolute atomic E-state index is 0.352. The van der Waals surface area contributed by atoms with Crippen molar-refractivity contribution < 1.29 is 4.79 Å². The van der Waals surface area contributed by atoms with E-state index in [4.69, 9.17) is 5.73 Å². The summed E-state index contributed by atoms with van der Waals surface area (Å²) in [5.41, 5.74) is 6.02. The van der Waals surface area contributed by atoms with Crippen molar-refractivity contribution >= 4 is 18.5 Å². The number of carbonyl (C=O) groups is 1. The first kappa shape index (κ1) is 10.5. The van der Waals surface area contributed by atoms with Crippen molar-refractivity contribution in [2.24, 2.45) is 5.73 Å². The van der Waals surface area contributed by atoms with Crippen LogP contribution >= 0.6 is 12.6 Å². The van der Waals surface area contributed by atoms with Gasteiger partial charge in [0.1, 0.15) is 0 Å². The standard InChI is InChI=1S/C7H14N2OS/c1-5(2)3-9-6(4-11)7(8)10/h6,9,11H,1,3-4H2,2H3,(H2,8,10). The Balaban J connectivity index is 3.70. The van der Waals surface area contributed by atoms with Crippen molar-refractivity contribution in [3.8, 4) is 0 Å². The van der Waals surface area contributed by atoms with Crippen LogP contribution in [-0.2, 0) is 4.79 Å². The minimum Gasteiger partial charge on any atom is -0.368 e. The first-order chi connectivity index (χ1) is 5.07. The molecule has 0 rings (SSSR count). The molecule has 0 saturated carbocycles. The van der Waals surface area contributed by atoms with Crippen molar-refractivity contribution in [3.63, 3.8) is 0 Å². The van der Waals surface area contributed by atoms with Crippen LogP contribution in [0.15, 0.2) is 12.2 Å². The Bertz CT molecular complexity index is 159. The number of carbonyl (C=O) groups excluding carboxylic acids is 1. The summed E-state index contributed by atoms with van der Waals surface area (Å²) in [5.74, 6) is 0.0454. The number of hydrogen-bond donors (Lipinski definition) is 3. The largest absolute Gasteiger partial charge is 0.368 e. The van der Waals surface area contributed by atoms with Gasteiger partial charge >= 0.3 is 0 Å². The lowest BCUT2D eigenvalue weighted by atomic mass is 10.3. The molecule has 1 unspecified atom stereocenters. The molecule has 0 aromatic carbocycles. The summed E-state index contributed by atoms with van der Waals surface area (Å²) >= 11 is 3.96. The molecule has 3 N–H and O–H groups in total. The van der Waals surface area contributed by atoms with Crippen molar-refractivity contribution in [2.75, 3.05) is 12.3 Å². The van der Waals surface area contributed by atoms with E-state index in [1.165, 1.54) is 0 Å². The first-order valence-corrected chi connectivity index (χ1v) is 3.99. The normalized spacial score (nSPS) is 12.5. The minimum atomic E-state index is -0.374. The highest BCUT2D eigenvalue weighted by Gasteiger charge is 2.10. The maximum atomic E-state index is 10.6. The number of rotatable bonds is 5. The number of nitrogens with one attached hydrogen (secondary N) is 1.